The van der Waals surface area contributed by atoms with Crippen molar-refractivity contribution in [2.45, 2.75) is 59.5 Å². The molecule has 2 nitrogen and oxygen atoms in total. The lowest BCUT2D eigenvalue weighted by molar-refractivity contribution is 0.289. The minimum Gasteiger partial charge on any atom is -0.494 e. The van der Waals surface area contributed by atoms with Gasteiger partial charge in [-0.1, -0.05) is 39.3 Å². The van der Waals surface area contributed by atoms with E-state index in [4.69, 9.17) is 4.74 Å². The zero-order chi connectivity index (χ0) is 14.1. The van der Waals surface area contributed by atoms with Crippen molar-refractivity contribution in [3.8, 4) is 5.75 Å². The fraction of sp³-hybridized carbons (Fsp3) is 0.647. The van der Waals surface area contributed by atoms with Gasteiger partial charge in [-0.05, 0) is 43.4 Å². The highest BCUT2D eigenvalue weighted by Gasteiger charge is 2.01. The molecule has 1 rings (SSSR count). The molecule has 2 heteroatoms. The molecular formula is C17H29NO. The molecule has 0 aliphatic carbocycles. The lowest BCUT2D eigenvalue weighted by atomic mass is 10.1. The smallest absolute Gasteiger partial charge is 0.119 e. The third kappa shape index (κ3) is 7.22. The monoisotopic (exact) mass is 263 g/mol. The first-order chi connectivity index (χ1) is 9.11. The molecule has 1 atom stereocenters. The van der Waals surface area contributed by atoms with Crippen molar-refractivity contribution >= 4 is 0 Å². The predicted molar refractivity (Wildman–Crippen MR) is 82.6 cm³/mol. The molecule has 108 valence electrons. The maximum absolute atomic E-state index is 5.72. The zero-order valence-corrected chi connectivity index (χ0v) is 12.9. The van der Waals surface area contributed by atoms with Crippen molar-refractivity contribution in [1.82, 2.24) is 5.32 Å². The van der Waals surface area contributed by atoms with Crippen LogP contribution in [0, 0.1) is 5.92 Å². The quantitative estimate of drug-likeness (QED) is 0.713. The maximum atomic E-state index is 5.72. The molecule has 0 amide bonds. The number of hydrogen-bond acceptors (Lipinski definition) is 2. The molecule has 0 saturated carbocycles. The lowest BCUT2D eigenvalue weighted by Crippen LogP contribution is -2.24. The second-order valence-electron chi connectivity index (χ2n) is 5.75. The van der Waals surface area contributed by atoms with E-state index >= 15 is 0 Å². The fourth-order valence-corrected chi connectivity index (χ4v) is 1.94. The minimum atomic E-state index is 0.590. The standard InChI is InChI=1S/C17H29NO/c1-5-6-15(4)18-13-16-7-9-17(10-8-16)19-12-11-14(2)3/h7-10,14-15,18H,5-6,11-13H2,1-4H3. The van der Waals surface area contributed by atoms with E-state index in [1.165, 1.54) is 18.4 Å². The zero-order valence-electron chi connectivity index (χ0n) is 12.9. The number of rotatable bonds is 9. The summed E-state index contributed by atoms with van der Waals surface area (Å²) >= 11 is 0. The molecule has 0 fully saturated rings. The number of hydrogen-bond donors (Lipinski definition) is 1. The maximum Gasteiger partial charge on any atom is 0.119 e. The Morgan fingerprint density at radius 3 is 2.32 bits per heavy atom. The summed E-state index contributed by atoms with van der Waals surface area (Å²) in [5.74, 6) is 1.68. The summed E-state index contributed by atoms with van der Waals surface area (Å²) in [7, 11) is 0. The van der Waals surface area contributed by atoms with Gasteiger partial charge in [0.1, 0.15) is 5.75 Å². The summed E-state index contributed by atoms with van der Waals surface area (Å²) in [5, 5.41) is 3.54. The van der Waals surface area contributed by atoms with Gasteiger partial charge in [0.05, 0.1) is 6.61 Å². The highest BCUT2D eigenvalue weighted by Crippen LogP contribution is 2.13. The van der Waals surface area contributed by atoms with Crippen LogP contribution >= 0.6 is 0 Å². The second kappa shape index (κ2) is 8.98. The van der Waals surface area contributed by atoms with Gasteiger partial charge in [0.25, 0.3) is 0 Å². The van der Waals surface area contributed by atoms with Crippen LogP contribution in [-0.2, 0) is 6.54 Å². The van der Waals surface area contributed by atoms with Crippen LogP contribution in [0.15, 0.2) is 24.3 Å². The van der Waals surface area contributed by atoms with Crippen LogP contribution < -0.4 is 10.1 Å². The largest absolute Gasteiger partial charge is 0.494 e. The summed E-state index contributed by atoms with van der Waals surface area (Å²) in [6.07, 6.45) is 3.57. The van der Waals surface area contributed by atoms with Crippen molar-refractivity contribution in [1.29, 1.82) is 0 Å². The molecule has 0 aliphatic heterocycles. The molecule has 0 saturated heterocycles. The van der Waals surface area contributed by atoms with E-state index in [1.54, 1.807) is 0 Å². The van der Waals surface area contributed by atoms with Gasteiger partial charge in [0.2, 0.25) is 0 Å². The van der Waals surface area contributed by atoms with Crippen LogP contribution in [0.5, 0.6) is 5.75 Å². The molecule has 1 N–H and O–H groups in total. The molecule has 1 unspecified atom stereocenters. The van der Waals surface area contributed by atoms with Gasteiger partial charge in [-0.25, -0.2) is 0 Å². The average molecular weight is 263 g/mol. The fourth-order valence-electron chi connectivity index (χ4n) is 1.94. The highest BCUT2D eigenvalue weighted by molar-refractivity contribution is 5.27. The Morgan fingerprint density at radius 2 is 1.74 bits per heavy atom. The van der Waals surface area contributed by atoms with Crippen molar-refractivity contribution in [2.24, 2.45) is 5.92 Å². The second-order valence-corrected chi connectivity index (χ2v) is 5.75. The first-order valence-electron chi connectivity index (χ1n) is 7.57. The predicted octanol–water partition coefficient (Wildman–Crippen LogP) is 4.39. The molecule has 19 heavy (non-hydrogen) atoms. The Hall–Kier alpha value is -1.02. The topological polar surface area (TPSA) is 21.3 Å². The van der Waals surface area contributed by atoms with Crippen LogP contribution in [0.3, 0.4) is 0 Å². The van der Waals surface area contributed by atoms with Crippen molar-refractivity contribution < 1.29 is 4.74 Å². The summed E-state index contributed by atoms with van der Waals surface area (Å²) in [5.41, 5.74) is 1.32. The summed E-state index contributed by atoms with van der Waals surface area (Å²) < 4.78 is 5.72. The molecular weight excluding hydrogens is 234 g/mol. The van der Waals surface area contributed by atoms with Gasteiger partial charge >= 0.3 is 0 Å². The van der Waals surface area contributed by atoms with Gasteiger partial charge in [-0.2, -0.15) is 0 Å². The molecule has 1 aromatic rings. The van der Waals surface area contributed by atoms with Crippen LogP contribution in [0.25, 0.3) is 0 Å². The SMILES string of the molecule is CCCC(C)NCc1ccc(OCCC(C)C)cc1. The van der Waals surface area contributed by atoms with E-state index in [2.05, 4.69) is 57.3 Å². The third-order valence-corrected chi connectivity index (χ3v) is 3.26. The summed E-state index contributed by atoms with van der Waals surface area (Å²) in [4.78, 5) is 0. The number of ether oxygens (including phenoxy) is 1. The minimum absolute atomic E-state index is 0.590. The summed E-state index contributed by atoms with van der Waals surface area (Å²) in [6.45, 7) is 10.6. The van der Waals surface area contributed by atoms with Crippen LogP contribution in [0.1, 0.15) is 52.5 Å². The van der Waals surface area contributed by atoms with Crippen molar-refractivity contribution in [3.05, 3.63) is 29.8 Å². The first-order valence-corrected chi connectivity index (χ1v) is 7.57. The molecule has 0 heterocycles. The van der Waals surface area contributed by atoms with Gasteiger partial charge in [-0.3, -0.25) is 0 Å². The lowest BCUT2D eigenvalue weighted by Gasteiger charge is -2.13. The average Bonchev–Trinajstić information content (AvgIpc) is 2.38. The molecule has 0 aromatic heterocycles. The van der Waals surface area contributed by atoms with Crippen LogP contribution in [0.2, 0.25) is 0 Å². The van der Waals surface area contributed by atoms with E-state index in [0.717, 1.165) is 25.3 Å². The van der Waals surface area contributed by atoms with E-state index < -0.39 is 0 Å². The Bertz CT molecular complexity index is 332. The molecule has 0 spiro atoms. The molecule has 0 bridgehead atoms. The molecule has 0 radical (unpaired) electrons. The van der Waals surface area contributed by atoms with Gasteiger partial charge in [-0.15, -0.1) is 0 Å². The normalized spacial score (nSPS) is 12.7. The van der Waals surface area contributed by atoms with Crippen molar-refractivity contribution in [3.63, 3.8) is 0 Å². The van der Waals surface area contributed by atoms with Gasteiger partial charge in [0.15, 0.2) is 0 Å². The van der Waals surface area contributed by atoms with E-state index in [1.807, 2.05) is 0 Å². The van der Waals surface area contributed by atoms with Crippen LogP contribution in [-0.4, -0.2) is 12.6 Å². The number of nitrogens with one attached hydrogen (secondary N) is 1. The molecule has 0 aliphatic rings. The van der Waals surface area contributed by atoms with Crippen LogP contribution in [0.4, 0.5) is 0 Å². The Morgan fingerprint density at radius 1 is 1.05 bits per heavy atom. The molecule has 1 aromatic carbocycles. The van der Waals surface area contributed by atoms with Gasteiger partial charge < -0.3 is 10.1 Å². The Balaban J connectivity index is 2.30. The Labute approximate surface area is 118 Å². The van der Waals surface area contributed by atoms with Gasteiger partial charge in [0, 0.05) is 12.6 Å². The third-order valence-electron chi connectivity index (χ3n) is 3.26. The van der Waals surface area contributed by atoms with Crippen molar-refractivity contribution in [2.75, 3.05) is 6.61 Å². The van der Waals surface area contributed by atoms with E-state index in [9.17, 15) is 0 Å². The van der Waals surface area contributed by atoms with E-state index in [-0.39, 0.29) is 0 Å². The van der Waals surface area contributed by atoms with E-state index in [0.29, 0.717) is 12.0 Å². The summed E-state index contributed by atoms with van der Waals surface area (Å²) in [6, 6.07) is 9.03. The highest BCUT2D eigenvalue weighted by atomic mass is 16.5. The number of benzene rings is 1. The Kier molecular flexibility index (Phi) is 7.57. The first kappa shape index (κ1) is 16.0.